The van der Waals surface area contributed by atoms with Crippen molar-refractivity contribution in [3.63, 3.8) is 0 Å². The number of aryl methyl sites for hydroxylation is 1. The Morgan fingerprint density at radius 2 is 2.00 bits per heavy atom. The van der Waals surface area contributed by atoms with Gasteiger partial charge in [-0.05, 0) is 50.6 Å². The van der Waals surface area contributed by atoms with Crippen LogP contribution in [0, 0.1) is 6.92 Å². The van der Waals surface area contributed by atoms with E-state index < -0.39 is 0 Å². The van der Waals surface area contributed by atoms with Crippen LogP contribution in [-0.4, -0.2) is 72.6 Å². The summed E-state index contributed by atoms with van der Waals surface area (Å²) >= 11 is 0. The Labute approximate surface area is 184 Å². The van der Waals surface area contributed by atoms with Gasteiger partial charge >= 0.3 is 0 Å². The van der Waals surface area contributed by atoms with Crippen molar-refractivity contribution < 1.29 is 9.47 Å². The van der Waals surface area contributed by atoms with Crippen molar-refractivity contribution in [2.45, 2.75) is 32.4 Å². The minimum atomic E-state index is 0.240. The molecule has 0 radical (unpaired) electrons. The number of likely N-dealkylation sites (tertiary alicyclic amines) is 1. The summed E-state index contributed by atoms with van der Waals surface area (Å²) in [6.45, 7) is 6.61. The van der Waals surface area contributed by atoms with Gasteiger partial charge in [-0.2, -0.15) is 0 Å². The smallest absolute Gasteiger partial charge is 0.191 e. The molecule has 170 valence electrons. The number of ether oxygens (including phenoxy) is 2. The molecule has 1 aromatic heterocycles. The van der Waals surface area contributed by atoms with Gasteiger partial charge in [0.15, 0.2) is 11.8 Å². The van der Waals surface area contributed by atoms with Crippen LogP contribution >= 0.6 is 0 Å². The Kier molecular flexibility index (Phi) is 8.66. The summed E-state index contributed by atoms with van der Waals surface area (Å²) in [5.41, 5.74) is 1.24. The highest BCUT2D eigenvalue weighted by Gasteiger charge is 2.24. The molecule has 9 heteroatoms. The van der Waals surface area contributed by atoms with Gasteiger partial charge in [0.2, 0.25) is 0 Å². The van der Waals surface area contributed by atoms with Crippen LogP contribution < -0.4 is 15.4 Å². The van der Waals surface area contributed by atoms with Crippen LogP contribution in [0.15, 0.2) is 29.3 Å². The highest BCUT2D eigenvalue weighted by atomic mass is 16.5. The fourth-order valence-electron chi connectivity index (χ4n) is 3.74. The molecule has 9 nitrogen and oxygen atoms in total. The molecule has 0 amide bonds. The normalized spacial score (nSPS) is 15.8. The number of guanidine groups is 1. The highest BCUT2D eigenvalue weighted by molar-refractivity contribution is 5.79. The average Bonchev–Trinajstić information content (AvgIpc) is 3.43. The first kappa shape index (κ1) is 23.0. The molecule has 2 N–H and O–H groups in total. The number of benzene rings is 1. The molecule has 1 unspecified atom stereocenters. The molecular weight excluding hydrogens is 394 g/mol. The second-order valence-corrected chi connectivity index (χ2v) is 7.72. The zero-order chi connectivity index (χ0) is 22.1. The van der Waals surface area contributed by atoms with E-state index >= 15 is 0 Å². The summed E-state index contributed by atoms with van der Waals surface area (Å²) in [7, 11) is 5.36. The van der Waals surface area contributed by atoms with Crippen molar-refractivity contribution >= 4 is 5.96 Å². The van der Waals surface area contributed by atoms with Gasteiger partial charge in [-0.3, -0.25) is 4.90 Å². The van der Waals surface area contributed by atoms with Crippen molar-refractivity contribution in [3.8, 4) is 5.75 Å². The Morgan fingerprint density at radius 1 is 1.19 bits per heavy atom. The second kappa shape index (κ2) is 11.7. The monoisotopic (exact) mass is 429 g/mol. The molecule has 0 aliphatic carbocycles. The summed E-state index contributed by atoms with van der Waals surface area (Å²) in [6, 6.07) is 8.58. The maximum absolute atomic E-state index is 5.46. The number of nitrogens with one attached hydrogen (secondary N) is 2. The number of hydrogen-bond donors (Lipinski definition) is 2. The summed E-state index contributed by atoms with van der Waals surface area (Å²) < 4.78 is 12.6. The molecule has 1 atom stereocenters. The Hall–Kier alpha value is -2.65. The minimum absolute atomic E-state index is 0.240. The molecule has 2 heterocycles. The van der Waals surface area contributed by atoms with Crippen LogP contribution in [0.2, 0.25) is 0 Å². The lowest BCUT2D eigenvalue weighted by atomic mass is 10.1. The van der Waals surface area contributed by atoms with Gasteiger partial charge in [0.25, 0.3) is 0 Å². The summed E-state index contributed by atoms with van der Waals surface area (Å²) in [5.74, 6) is 3.32. The quantitative estimate of drug-likeness (QED) is 0.337. The number of hydrogen-bond acceptors (Lipinski definition) is 6. The van der Waals surface area contributed by atoms with Gasteiger partial charge < -0.3 is 24.7 Å². The maximum atomic E-state index is 5.46. The topological polar surface area (TPSA) is 88.8 Å². The number of aliphatic imine (C=N–C) groups is 1. The summed E-state index contributed by atoms with van der Waals surface area (Å²) in [4.78, 5) is 7.27. The molecule has 1 aliphatic heterocycles. The Bertz CT molecular complexity index is 846. The fourth-order valence-corrected chi connectivity index (χ4v) is 3.74. The van der Waals surface area contributed by atoms with Gasteiger partial charge in [-0.25, -0.2) is 4.99 Å². The van der Waals surface area contributed by atoms with E-state index in [0.717, 1.165) is 43.0 Å². The number of rotatable bonds is 10. The van der Waals surface area contributed by atoms with Gasteiger partial charge in [-0.15, -0.1) is 10.2 Å². The molecule has 0 bridgehead atoms. The van der Waals surface area contributed by atoms with E-state index in [-0.39, 0.29) is 6.04 Å². The zero-order valence-corrected chi connectivity index (χ0v) is 19.1. The first-order valence-electron chi connectivity index (χ1n) is 10.9. The molecule has 0 spiro atoms. The van der Waals surface area contributed by atoms with Crippen molar-refractivity contribution in [1.29, 1.82) is 0 Å². The van der Waals surface area contributed by atoms with Gasteiger partial charge in [-0.1, -0.05) is 12.1 Å². The molecule has 1 aromatic carbocycles. The highest BCUT2D eigenvalue weighted by Crippen LogP contribution is 2.27. The molecule has 1 saturated heterocycles. The predicted octanol–water partition coefficient (Wildman–Crippen LogP) is 1.65. The van der Waals surface area contributed by atoms with E-state index in [1.54, 1.807) is 14.2 Å². The molecule has 2 aromatic rings. The lowest BCUT2D eigenvalue weighted by molar-refractivity contribution is 0.203. The van der Waals surface area contributed by atoms with E-state index in [1.165, 1.54) is 18.4 Å². The van der Waals surface area contributed by atoms with Gasteiger partial charge in [0, 0.05) is 27.2 Å². The molecular formula is C22H35N7O2. The summed E-state index contributed by atoms with van der Waals surface area (Å²) in [5, 5.41) is 15.2. The van der Waals surface area contributed by atoms with E-state index in [4.69, 9.17) is 14.5 Å². The Morgan fingerprint density at radius 3 is 2.68 bits per heavy atom. The Balaban J connectivity index is 1.73. The largest absolute Gasteiger partial charge is 0.497 e. The van der Waals surface area contributed by atoms with Gasteiger partial charge in [0.1, 0.15) is 18.1 Å². The SMILES string of the molecule is COCCNC(=NCc1nnc(C)n1C)NCC(c1cccc(OC)c1)N1CCCC1. The van der Waals surface area contributed by atoms with Crippen LogP contribution in [0.25, 0.3) is 0 Å². The first-order chi connectivity index (χ1) is 15.1. The van der Waals surface area contributed by atoms with Gasteiger partial charge in [0.05, 0.1) is 19.8 Å². The number of methoxy groups -OCH3 is 2. The third-order valence-corrected chi connectivity index (χ3v) is 5.68. The van der Waals surface area contributed by atoms with Crippen LogP contribution in [0.3, 0.4) is 0 Å². The average molecular weight is 430 g/mol. The van der Waals surface area contributed by atoms with E-state index in [1.807, 2.05) is 24.6 Å². The third-order valence-electron chi connectivity index (χ3n) is 5.68. The van der Waals surface area contributed by atoms with E-state index in [9.17, 15) is 0 Å². The fraction of sp³-hybridized carbons (Fsp3) is 0.591. The third kappa shape index (κ3) is 6.41. The first-order valence-corrected chi connectivity index (χ1v) is 10.9. The predicted molar refractivity (Wildman–Crippen MR) is 121 cm³/mol. The summed E-state index contributed by atoms with van der Waals surface area (Å²) in [6.07, 6.45) is 2.47. The maximum Gasteiger partial charge on any atom is 0.191 e. The van der Waals surface area contributed by atoms with Crippen molar-refractivity contribution in [3.05, 3.63) is 41.5 Å². The van der Waals surface area contributed by atoms with Crippen LogP contribution in [0.4, 0.5) is 0 Å². The van der Waals surface area contributed by atoms with Crippen LogP contribution in [0.5, 0.6) is 5.75 Å². The van der Waals surface area contributed by atoms with Crippen LogP contribution in [-0.2, 0) is 18.3 Å². The van der Waals surface area contributed by atoms with Crippen molar-refractivity contribution in [2.75, 3.05) is 47.0 Å². The van der Waals surface area contributed by atoms with E-state index in [0.29, 0.717) is 19.7 Å². The lowest BCUT2D eigenvalue weighted by Gasteiger charge is -2.29. The minimum Gasteiger partial charge on any atom is -0.497 e. The van der Waals surface area contributed by atoms with Crippen LogP contribution in [0.1, 0.15) is 36.1 Å². The molecule has 1 aliphatic rings. The second-order valence-electron chi connectivity index (χ2n) is 7.72. The zero-order valence-electron chi connectivity index (χ0n) is 19.1. The number of nitrogens with zero attached hydrogens (tertiary/aromatic N) is 5. The number of aromatic nitrogens is 3. The van der Waals surface area contributed by atoms with E-state index in [2.05, 4.69) is 43.9 Å². The molecule has 3 rings (SSSR count). The van der Waals surface area contributed by atoms with Crippen molar-refractivity contribution in [2.24, 2.45) is 12.0 Å². The molecule has 1 fully saturated rings. The standard InChI is InChI=1S/C22H35N7O2/c1-17-26-27-21(28(17)2)16-25-22(23-10-13-30-3)24-15-20(29-11-5-6-12-29)18-8-7-9-19(14-18)31-4/h7-9,14,20H,5-6,10-13,15-16H2,1-4H3,(H2,23,24,25). The molecule has 31 heavy (non-hydrogen) atoms. The lowest BCUT2D eigenvalue weighted by Crippen LogP contribution is -2.43. The van der Waals surface area contributed by atoms with Crippen molar-refractivity contribution in [1.82, 2.24) is 30.3 Å². The molecule has 0 saturated carbocycles.